The van der Waals surface area contributed by atoms with Crippen molar-refractivity contribution in [3.8, 4) is 0 Å². The molecule has 4 aromatic rings. The van der Waals surface area contributed by atoms with E-state index < -0.39 is 6.04 Å². The molecule has 0 fully saturated rings. The van der Waals surface area contributed by atoms with Gasteiger partial charge in [0.25, 0.3) is 5.91 Å². The maximum absolute atomic E-state index is 12.5. The van der Waals surface area contributed by atoms with Crippen LogP contribution in [0.25, 0.3) is 11.2 Å². The molecule has 0 bridgehead atoms. The van der Waals surface area contributed by atoms with E-state index >= 15 is 0 Å². The lowest BCUT2D eigenvalue weighted by Crippen LogP contribution is -2.27. The normalized spacial score (nSPS) is 12.2. The Hall–Kier alpha value is -3.55. The molecule has 3 aromatic heterocycles. The Labute approximate surface area is 155 Å². The van der Waals surface area contributed by atoms with E-state index in [2.05, 4.69) is 25.4 Å². The van der Waals surface area contributed by atoms with Gasteiger partial charge in [0.2, 0.25) is 5.89 Å². The molecular formula is C19H18N6O2. The summed E-state index contributed by atoms with van der Waals surface area (Å²) < 4.78 is 7.04. The molecule has 1 aromatic carbocycles. The van der Waals surface area contributed by atoms with Gasteiger partial charge in [-0.2, -0.15) is 4.98 Å². The van der Waals surface area contributed by atoms with Crippen molar-refractivity contribution in [2.24, 2.45) is 0 Å². The molecule has 0 aliphatic heterocycles. The molecule has 0 saturated heterocycles. The summed E-state index contributed by atoms with van der Waals surface area (Å²) >= 11 is 0. The lowest BCUT2D eigenvalue weighted by atomic mass is 10.2. The lowest BCUT2D eigenvalue weighted by Gasteiger charge is -2.09. The summed E-state index contributed by atoms with van der Waals surface area (Å²) in [6.07, 6.45) is 3.28. The van der Waals surface area contributed by atoms with Crippen LogP contribution in [-0.2, 0) is 6.54 Å². The highest BCUT2D eigenvalue weighted by Gasteiger charge is 2.18. The predicted octanol–water partition coefficient (Wildman–Crippen LogP) is 2.66. The van der Waals surface area contributed by atoms with E-state index in [0.717, 1.165) is 11.2 Å². The smallest absolute Gasteiger partial charge is 0.253 e. The first-order chi connectivity index (χ1) is 13.1. The van der Waals surface area contributed by atoms with Gasteiger partial charge in [-0.3, -0.25) is 4.79 Å². The zero-order valence-electron chi connectivity index (χ0n) is 15.0. The number of amides is 1. The summed E-state index contributed by atoms with van der Waals surface area (Å²) in [4.78, 5) is 25.4. The number of benzene rings is 1. The number of rotatable bonds is 5. The van der Waals surface area contributed by atoms with Crippen molar-refractivity contribution in [1.82, 2.24) is 30.0 Å². The van der Waals surface area contributed by atoms with Gasteiger partial charge in [0.1, 0.15) is 11.6 Å². The Bertz CT molecular complexity index is 1090. The largest absolute Gasteiger partial charge is 0.340 e. The molecular weight excluding hydrogens is 344 g/mol. The minimum Gasteiger partial charge on any atom is -0.340 e. The first-order valence-corrected chi connectivity index (χ1v) is 8.56. The number of carbonyl (C=O) groups excluding carboxylic acids is 1. The molecule has 0 aliphatic rings. The average Bonchev–Trinajstić information content (AvgIpc) is 3.29. The van der Waals surface area contributed by atoms with Gasteiger partial charge >= 0.3 is 0 Å². The summed E-state index contributed by atoms with van der Waals surface area (Å²) in [5.41, 5.74) is 2.98. The number of hydrogen-bond acceptors (Lipinski definition) is 6. The standard InChI is InChI=1S/C19H18N6O2/c1-12(19-23-13(2)24-27-19)22-18(26)15-8-16-17(20-9-15)25(11-21-16)10-14-6-4-3-5-7-14/h3-9,11-12H,10H2,1-2H3,(H,22,26). The summed E-state index contributed by atoms with van der Waals surface area (Å²) in [5.74, 6) is 0.616. The fourth-order valence-electron chi connectivity index (χ4n) is 2.80. The van der Waals surface area contributed by atoms with Crippen LogP contribution in [0.4, 0.5) is 0 Å². The number of nitrogens with zero attached hydrogens (tertiary/aromatic N) is 5. The Balaban J connectivity index is 1.52. The van der Waals surface area contributed by atoms with Crippen LogP contribution in [-0.4, -0.2) is 30.6 Å². The second-order valence-electron chi connectivity index (χ2n) is 6.30. The van der Waals surface area contributed by atoms with E-state index in [4.69, 9.17) is 4.52 Å². The molecule has 1 N–H and O–H groups in total. The van der Waals surface area contributed by atoms with E-state index in [-0.39, 0.29) is 5.91 Å². The van der Waals surface area contributed by atoms with Crippen LogP contribution in [0, 0.1) is 6.92 Å². The molecule has 1 unspecified atom stereocenters. The number of imidazole rings is 1. The van der Waals surface area contributed by atoms with E-state index in [0.29, 0.717) is 29.3 Å². The number of nitrogens with one attached hydrogen (secondary N) is 1. The van der Waals surface area contributed by atoms with Gasteiger partial charge in [0, 0.05) is 6.20 Å². The lowest BCUT2D eigenvalue weighted by molar-refractivity contribution is 0.0932. The van der Waals surface area contributed by atoms with Crippen molar-refractivity contribution in [3.05, 3.63) is 71.8 Å². The Kier molecular flexibility index (Phi) is 4.37. The van der Waals surface area contributed by atoms with Crippen LogP contribution < -0.4 is 5.32 Å². The minimum absolute atomic E-state index is 0.273. The third kappa shape index (κ3) is 3.55. The Morgan fingerprint density at radius 3 is 2.81 bits per heavy atom. The molecule has 136 valence electrons. The van der Waals surface area contributed by atoms with Crippen LogP contribution in [0.3, 0.4) is 0 Å². The first kappa shape index (κ1) is 16.9. The fraction of sp³-hybridized carbons (Fsp3) is 0.211. The molecule has 0 radical (unpaired) electrons. The number of pyridine rings is 1. The monoisotopic (exact) mass is 362 g/mol. The highest BCUT2D eigenvalue weighted by Crippen LogP contribution is 2.15. The number of hydrogen-bond donors (Lipinski definition) is 1. The second kappa shape index (κ2) is 6.99. The van der Waals surface area contributed by atoms with Gasteiger partial charge in [0.05, 0.1) is 18.4 Å². The predicted molar refractivity (Wildman–Crippen MR) is 98.0 cm³/mol. The van der Waals surface area contributed by atoms with Crippen molar-refractivity contribution in [2.45, 2.75) is 26.4 Å². The van der Waals surface area contributed by atoms with E-state index in [1.165, 1.54) is 0 Å². The van der Waals surface area contributed by atoms with Gasteiger partial charge in [-0.25, -0.2) is 9.97 Å². The maximum Gasteiger partial charge on any atom is 0.253 e. The fourth-order valence-corrected chi connectivity index (χ4v) is 2.80. The zero-order chi connectivity index (χ0) is 18.8. The molecule has 1 atom stereocenters. The summed E-state index contributed by atoms with van der Waals surface area (Å²) in [6, 6.07) is 11.4. The third-order valence-corrected chi connectivity index (χ3v) is 4.17. The highest BCUT2D eigenvalue weighted by molar-refractivity contribution is 5.96. The number of aryl methyl sites for hydroxylation is 1. The molecule has 0 aliphatic carbocycles. The molecule has 0 saturated carbocycles. The van der Waals surface area contributed by atoms with Gasteiger partial charge < -0.3 is 14.4 Å². The van der Waals surface area contributed by atoms with Crippen molar-refractivity contribution in [2.75, 3.05) is 0 Å². The molecule has 27 heavy (non-hydrogen) atoms. The summed E-state index contributed by atoms with van der Waals surface area (Å²) in [5, 5.41) is 6.56. The van der Waals surface area contributed by atoms with Gasteiger partial charge in [-0.05, 0) is 25.5 Å². The Morgan fingerprint density at radius 2 is 2.07 bits per heavy atom. The van der Waals surface area contributed by atoms with Crippen molar-refractivity contribution in [3.63, 3.8) is 0 Å². The van der Waals surface area contributed by atoms with Crippen LogP contribution in [0.5, 0.6) is 0 Å². The third-order valence-electron chi connectivity index (χ3n) is 4.17. The maximum atomic E-state index is 12.5. The SMILES string of the molecule is Cc1noc(C(C)NC(=O)c2cnc3c(c2)ncn3Cc2ccccc2)n1. The van der Waals surface area contributed by atoms with Gasteiger partial charge in [-0.1, -0.05) is 35.5 Å². The van der Waals surface area contributed by atoms with Crippen molar-refractivity contribution in [1.29, 1.82) is 0 Å². The van der Waals surface area contributed by atoms with Crippen LogP contribution >= 0.6 is 0 Å². The molecule has 8 nitrogen and oxygen atoms in total. The van der Waals surface area contributed by atoms with Crippen molar-refractivity contribution >= 4 is 17.1 Å². The first-order valence-electron chi connectivity index (χ1n) is 8.56. The number of carbonyl (C=O) groups is 1. The average molecular weight is 362 g/mol. The molecule has 8 heteroatoms. The minimum atomic E-state index is -0.398. The summed E-state index contributed by atoms with van der Waals surface area (Å²) in [7, 11) is 0. The van der Waals surface area contributed by atoms with Gasteiger partial charge in [-0.15, -0.1) is 0 Å². The molecule has 1 amide bonds. The molecule has 3 heterocycles. The van der Waals surface area contributed by atoms with Crippen LogP contribution in [0.2, 0.25) is 0 Å². The summed E-state index contributed by atoms with van der Waals surface area (Å²) in [6.45, 7) is 4.18. The number of fused-ring (bicyclic) bond motifs is 1. The van der Waals surface area contributed by atoms with Gasteiger partial charge in [0.15, 0.2) is 11.5 Å². The van der Waals surface area contributed by atoms with Crippen LogP contribution in [0.15, 0.2) is 53.4 Å². The van der Waals surface area contributed by atoms with E-state index in [1.54, 1.807) is 32.4 Å². The quantitative estimate of drug-likeness (QED) is 0.586. The number of aromatic nitrogens is 5. The Morgan fingerprint density at radius 1 is 1.26 bits per heavy atom. The van der Waals surface area contributed by atoms with Crippen LogP contribution in [0.1, 0.15) is 40.6 Å². The highest BCUT2D eigenvalue weighted by atomic mass is 16.5. The second-order valence-corrected chi connectivity index (χ2v) is 6.30. The topological polar surface area (TPSA) is 98.7 Å². The van der Waals surface area contributed by atoms with E-state index in [1.807, 2.05) is 34.9 Å². The van der Waals surface area contributed by atoms with Crippen molar-refractivity contribution < 1.29 is 9.32 Å². The van der Waals surface area contributed by atoms with E-state index in [9.17, 15) is 4.79 Å². The zero-order valence-corrected chi connectivity index (χ0v) is 15.0. The molecule has 0 spiro atoms. The molecule has 4 rings (SSSR count).